The number of nitrogens with one attached hydrogen (secondary N) is 2. The van der Waals surface area contributed by atoms with Gasteiger partial charge in [0.05, 0.1) is 6.10 Å². The fourth-order valence-corrected chi connectivity index (χ4v) is 2.20. The van der Waals surface area contributed by atoms with Crippen molar-refractivity contribution in [3.63, 3.8) is 0 Å². The highest BCUT2D eigenvalue weighted by molar-refractivity contribution is 7.07. The normalized spacial score (nSPS) is 13.2. The molecule has 0 saturated heterocycles. The molecule has 0 amide bonds. The van der Waals surface area contributed by atoms with Crippen LogP contribution in [0.3, 0.4) is 0 Å². The minimum atomic E-state index is -0.375. The second kappa shape index (κ2) is 7.60. The Morgan fingerprint density at radius 2 is 2.24 bits per heavy atom. The smallest absolute Gasteiger partial charge is 0.304 e. The predicted octanol–water partition coefficient (Wildman–Crippen LogP) is 0.229. The lowest BCUT2D eigenvalue weighted by Crippen LogP contribution is -2.38. The van der Waals surface area contributed by atoms with E-state index in [2.05, 4.69) is 29.0 Å². The molecule has 0 aromatic carbocycles. The Bertz CT molecular complexity index is 360. The van der Waals surface area contributed by atoms with Gasteiger partial charge in [-0.15, -0.1) is 0 Å². The highest BCUT2D eigenvalue weighted by atomic mass is 32.1. The van der Waals surface area contributed by atoms with Crippen LogP contribution in [0, 0.1) is 0 Å². The molecule has 0 radical (unpaired) electrons. The average Bonchev–Trinajstić information content (AvgIpc) is 2.72. The van der Waals surface area contributed by atoms with Crippen LogP contribution in [0.1, 0.15) is 19.5 Å². The molecule has 5 nitrogen and oxygen atoms in total. The monoisotopic (exact) mass is 259 g/mol. The molecule has 1 rings (SSSR count). The second-order valence-corrected chi connectivity index (χ2v) is 4.79. The second-order valence-electron chi connectivity index (χ2n) is 3.94. The molecule has 0 spiro atoms. The minimum Gasteiger partial charge on any atom is -0.390 e. The largest absolute Gasteiger partial charge is 0.390 e. The Kier molecular flexibility index (Phi) is 6.43. The fourth-order valence-electron chi connectivity index (χ4n) is 1.62. The Morgan fingerprint density at radius 3 is 2.76 bits per heavy atom. The first-order chi connectivity index (χ1) is 8.15. The number of aromatic amines is 1. The lowest BCUT2D eigenvalue weighted by Gasteiger charge is -2.21. The summed E-state index contributed by atoms with van der Waals surface area (Å²) in [6.45, 7) is 7.87. The fraction of sp³-hybridized carbons (Fsp3) is 0.727. The maximum Gasteiger partial charge on any atom is 0.304 e. The van der Waals surface area contributed by atoms with Gasteiger partial charge in [0.1, 0.15) is 0 Å². The van der Waals surface area contributed by atoms with Gasteiger partial charge in [-0.25, -0.2) is 0 Å². The van der Waals surface area contributed by atoms with Crippen LogP contribution in [0.2, 0.25) is 0 Å². The van der Waals surface area contributed by atoms with Gasteiger partial charge in [-0.1, -0.05) is 25.2 Å². The summed E-state index contributed by atoms with van der Waals surface area (Å²) in [6, 6.07) is 0. The van der Waals surface area contributed by atoms with Crippen LogP contribution in [0.5, 0.6) is 0 Å². The Morgan fingerprint density at radius 1 is 1.53 bits per heavy atom. The van der Waals surface area contributed by atoms with Crippen LogP contribution in [0.15, 0.2) is 10.2 Å². The van der Waals surface area contributed by atoms with Gasteiger partial charge in [0.15, 0.2) is 0 Å². The number of hydrogen-bond donors (Lipinski definition) is 3. The molecule has 17 heavy (non-hydrogen) atoms. The average molecular weight is 259 g/mol. The first kappa shape index (κ1) is 14.4. The zero-order valence-electron chi connectivity index (χ0n) is 10.4. The minimum absolute atomic E-state index is 0.0366. The summed E-state index contributed by atoms with van der Waals surface area (Å²) >= 11 is 1.16. The Hall–Kier alpha value is -0.690. The van der Waals surface area contributed by atoms with Crippen LogP contribution >= 0.6 is 11.3 Å². The molecule has 1 unspecified atom stereocenters. The van der Waals surface area contributed by atoms with E-state index in [9.17, 15) is 9.90 Å². The van der Waals surface area contributed by atoms with Crippen molar-refractivity contribution in [3.05, 3.63) is 20.7 Å². The van der Waals surface area contributed by atoms with E-state index < -0.39 is 0 Å². The number of likely N-dealkylation sites (N-methyl/N-ethyl adjacent to an activating group) is 1. The molecule has 0 saturated carbocycles. The summed E-state index contributed by atoms with van der Waals surface area (Å²) < 4.78 is 0. The number of hydrogen-bond acceptors (Lipinski definition) is 5. The van der Waals surface area contributed by atoms with E-state index in [0.29, 0.717) is 19.6 Å². The number of aliphatic hydroxyl groups excluding tert-OH is 1. The lowest BCUT2D eigenvalue weighted by atomic mass is 10.3. The van der Waals surface area contributed by atoms with Gasteiger partial charge < -0.3 is 20.3 Å². The SMILES string of the molecule is CCN(CC)CC(O)CNCc1csc(=O)[nH]1. The Labute approximate surface area is 105 Å². The molecule has 3 N–H and O–H groups in total. The number of thiazole rings is 1. The third-order valence-corrected chi connectivity index (χ3v) is 3.35. The number of H-pyrrole nitrogens is 1. The van der Waals surface area contributed by atoms with E-state index in [1.807, 2.05) is 0 Å². The van der Waals surface area contributed by atoms with E-state index in [1.54, 1.807) is 5.38 Å². The van der Waals surface area contributed by atoms with Crippen LogP contribution in [0.25, 0.3) is 0 Å². The molecule has 1 atom stereocenters. The van der Waals surface area contributed by atoms with E-state index in [0.717, 1.165) is 30.1 Å². The van der Waals surface area contributed by atoms with Gasteiger partial charge in [0.25, 0.3) is 0 Å². The highest BCUT2D eigenvalue weighted by Gasteiger charge is 2.08. The molecule has 0 bridgehead atoms. The molecular formula is C11H21N3O2S. The van der Waals surface area contributed by atoms with Crippen molar-refractivity contribution in [3.8, 4) is 0 Å². The quantitative estimate of drug-likeness (QED) is 0.625. The number of rotatable bonds is 8. The maximum absolute atomic E-state index is 10.9. The van der Waals surface area contributed by atoms with Crippen molar-refractivity contribution in [2.24, 2.45) is 0 Å². The summed E-state index contributed by atoms with van der Waals surface area (Å²) in [7, 11) is 0. The van der Waals surface area contributed by atoms with Crippen LogP contribution in [0.4, 0.5) is 0 Å². The van der Waals surface area contributed by atoms with Gasteiger partial charge in [0.2, 0.25) is 0 Å². The molecule has 0 aliphatic carbocycles. The molecule has 6 heteroatoms. The molecule has 0 fully saturated rings. The first-order valence-corrected chi connectivity index (χ1v) is 6.81. The summed E-state index contributed by atoms with van der Waals surface area (Å²) in [5, 5.41) is 14.7. The van der Waals surface area contributed by atoms with E-state index in [-0.39, 0.29) is 11.0 Å². The van der Waals surface area contributed by atoms with Crippen molar-refractivity contribution in [2.45, 2.75) is 26.5 Å². The topological polar surface area (TPSA) is 68.4 Å². The predicted molar refractivity (Wildman–Crippen MR) is 70.4 cm³/mol. The molecular weight excluding hydrogens is 238 g/mol. The van der Waals surface area contributed by atoms with Gasteiger partial charge in [-0.05, 0) is 13.1 Å². The van der Waals surface area contributed by atoms with E-state index >= 15 is 0 Å². The van der Waals surface area contributed by atoms with E-state index in [1.165, 1.54) is 0 Å². The zero-order valence-corrected chi connectivity index (χ0v) is 11.2. The van der Waals surface area contributed by atoms with Crippen molar-refractivity contribution in [1.29, 1.82) is 0 Å². The molecule has 0 aliphatic heterocycles. The third kappa shape index (κ3) is 5.45. The third-order valence-electron chi connectivity index (χ3n) is 2.63. The van der Waals surface area contributed by atoms with Crippen molar-refractivity contribution >= 4 is 11.3 Å². The molecule has 0 aliphatic rings. The van der Waals surface area contributed by atoms with Gasteiger partial charge in [-0.3, -0.25) is 4.79 Å². The number of nitrogens with zero attached hydrogens (tertiary/aromatic N) is 1. The van der Waals surface area contributed by atoms with Crippen molar-refractivity contribution in [1.82, 2.24) is 15.2 Å². The van der Waals surface area contributed by atoms with Crippen LogP contribution < -0.4 is 10.2 Å². The summed E-state index contributed by atoms with van der Waals surface area (Å²) in [4.78, 5) is 15.8. The maximum atomic E-state index is 10.9. The van der Waals surface area contributed by atoms with Crippen molar-refractivity contribution < 1.29 is 5.11 Å². The highest BCUT2D eigenvalue weighted by Crippen LogP contribution is 1.95. The van der Waals surface area contributed by atoms with Gasteiger partial charge >= 0.3 is 4.87 Å². The molecule has 1 aromatic rings. The molecule has 98 valence electrons. The first-order valence-electron chi connectivity index (χ1n) is 5.93. The van der Waals surface area contributed by atoms with E-state index in [4.69, 9.17) is 0 Å². The Balaban J connectivity index is 2.19. The summed E-state index contributed by atoms with van der Waals surface area (Å²) in [5.74, 6) is 0. The zero-order chi connectivity index (χ0) is 12.7. The molecule has 1 heterocycles. The van der Waals surface area contributed by atoms with Crippen LogP contribution in [-0.2, 0) is 6.54 Å². The van der Waals surface area contributed by atoms with Crippen molar-refractivity contribution in [2.75, 3.05) is 26.2 Å². The molecule has 1 aromatic heterocycles. The number of aliphatic hydroxyl groups is 1. The lowest BCUT2D eigenvalue weighted by molar-refractivity contribution is 0.116. The number of aromatic nitrogens is 1. The van der Waals surface area contributed by atoms with Crippen LogP contribution in [-0.4, -0.2) is 47.3 Å². The van der Waals surface area contributed by atoms with Gasteiger partial charge in [-0.2, -0.15) is 0 Å². The standard InChI is InChI=1S/C11H21N3O2S/c1-3-14(4-2)7-10(15)6-12-5-9-8-17-11(16)13-9/h8,10,12,15H,3-7H2,1-2H3,(H,13,16). The summed E-state index contributed by atoms with van der Waals surface area (Å²) in [5.41, 5.74) is 0.870. The van der Waals surface area contributed by atoms with Gasteiger partial charge in [0, 0.05) is 30.7 Å². The summed E-state index contributed by atoms with van der Waals surface area (Å²) in [6.07, 6.45) is -0.375.